The Balaban J connectivity index is 1.46. The van der Waals surface area contributed by atoms with Crippen LogP contribution < -0.4 is 16.0 Å². The number of phenols is 1. The highest BCUT2D eigenvalue weighted by atomic mass is 35.5. The molecule has 4 rings (SSSR count). The molecule has 1 saturated heterocycles. The Bertz CT molecular complexity index is 1110. The van der Waals surface area contributed by atoms with Crippen LogP contribution in [-0.2, 0) is 0 Å². The number of hydrogen-bond donors (Lipinski definition) is 4. The number of anilines is 1. The number of hydrogen-bond acceptors (Lipinski definition) is 6. The maximum absolute atomic E-state index is 12.7. The molecule has 2 heterocycles. The highest BCUT2D eigenvalue weighted by molar-refractivity contribution is 6.33. The lowest BCUT2D eigenvalue weighted by atomic mass is 10.0. The molecule has 4 N–H and O–H groups in total. The van der Waals surface area contributed by atoms with Crippen molar-refractivity contribution in [3.63, 3.8) is 0 Å². The zero-order valence-corrected chi connectivity index (χ0v) is 17.3. The Morgan fingerprint density at radius 3 is 2.48 bits per heavy atom. The number of nitrogens with zero attached hydrogens (tertiary/aromatic N) is 1. The first-order chi connectivity index (χ1) is 15.0. The quantitative estimate of drug-likeness (QED) is 0.443. The summed E-state index contributed by atoms with van der Waals surface area (Å²) in [5, 5.41) is 19.9. The molecule has 0 bridgehead atoms. The number of aromatic nitrogens is 1. The second-order valence-electron chi connectivity index (χ2n) is 7.27. The third-order valence-electron chi connectivity index (χ3n) is 5.19. The molecule has 3 aromatic rings. The molecule has 0 saturated carbocycles. The zero-order valence-electron chi connectivity index (χ0n) is 16.5. The number of rotatable bonds is 6. The van der Waals surface area contributed by atoms with Crippen LogP contribution in [-0.4, -0.2) is 47.0 Å². The van der Waals surface area contributed by atoms with Crippen molar-refractivity contribution in [2.24, 2.45) is 0 Å². The molecule has 7 nitrogen and oxygen atoms in total. The second kappa shape index (κ2) is 9.16. The van der Waals surface area contributed by atoms with E-state index in [-0.39, 0.29) is 35.1 Å². The van der Waals surface area contributed by atoms with Crippen molar-refractivity contribution in [3.05, 3.63) is 88.7 Å². The van der Waals surface area contributed by atoms with Gasteiger partial charge >= 0.3 is 0 Å². The summed E-state index contributed by atoms with van der Waals surface area (Å²) in [5.74, 6) is -0.551. The van der Waals surface area contributed by atoms with Gasteiger partial charge in [0.2, 0.25) is 0 Å². The number of nitrogens with one attached hydrogen (secondary N) is 3. The van der Waals surface area contributed by atoms with Crippen molar-refractivity contribution in [2.75, 3.05) is 18.4 Å². The molecule has 1 amide bonds. The van der Waals surface area contributed by atoms with Crippen molar-refractivity contribution < 1.29 is 14.7 Å². The van der Waals surface area contributed by atoms with Crippen LogP contribution in [0, 0.1) is 0 Å². The van der Waals surface area contributed by atoms with Gasteiger partial charge in [0.05, 0.1) is 28.4 Å². The van der Waals surface area contributed by atoms with Gasteiger partial charge in [-0.2, -0.15) is 0 Å². The summed E-state index contributed by atoms with van der Waals surface area (Å²) in [5.41, 5.74) is 1.81. The Morgan fingerprint density at radius 1 is 1.00 bits per heavy atom. The van der Waals surface area contributed by atoms with E-state index >= 15 is 0 Å². The molecular weight excluding hydrogens is 416 g/mol. The first-order valence-electron chi connectivity index (χ1n) is 9.83. The van der Waals surface area contributed by atoms with Gasteiger partial charge in [0.15, 0.2) is 5.78 Å². The number of pyridine rings is 1. The molecular formula is C23H21ClN4O3. The van der Waals surface area contributed by atoms with Crippen molar-refractivity contribution >= 4 is 29.0 Å². The normalized spacial score (nSPS) is 17.8. The van der Waals surface area contributed by atoms with Gasteiger partial charge in [-0.15, -0.1) is 0 Å². The third kappa shape index (κ3) is 4.68. The molecule has 31 heavy (non-hydrogen) atoms. The van der Waals surface area contributed by atoms with Gasteiger partial charge in [0.1, 0.15) is 5.75 Å². The fourth-order valence-electron chi connectivity index (χ4n) is 3.53. The van der Waals surface area contributed by atoms with Crippen LogP contribution in [0.25, 0.3) is 0 Å². The first kappa shape index (κ1) is 20.8. The minimum Gasteiger partial charge on any atom is -0.507 e. The summed E-state index contributed by atoms with van der Waals surface area (Å²) in [6.07, 6.45) is 3.16. The molecule has 2 aromatic carbocycles. The fourth-order valence-corrected chi connectivity index (χ4v) is 3.77. The number of phenolic OH excluding ortho intramolecular Hbond substituents is 1. The van der Waals surface area contributed by atoms with Crippen LogP contribution >= 0.6 is 11.6 Å². The van der Waals surface area contributed by atoms with Crippen LogP contribution in [0.4, 0.5) is 5.69 Å². The lowest BCUT2D eigenvalue weighted by Gasteiger charge is -2.23. The van der Waals surface area contributed by atoms with Crippen molar-refractivity contribution in [1.29, 1.82) is 0 Å². The molecule has 1 aliphatic rings. The van der Waals surface area contributed by atoms with E-state index < -0.39 is 0 Å². The summed E-state index contributed by atoms with van der Waals surface area (Å²) in [6, 6.07) is 14.5. The standard InChI is InChI=1S/C23H21ClN4O3/c24-17-11-15(22(30)16-3-1-2-4-21(16)29)5-6-18(17)27-19-12-26-13-20(19)28-23(31)14-7-9-25-10-8-14/h1-11,19-20,26-27,29H,12-13H2,(H,28,31)/t19-,20-/m1/s1. The Hall–Kier alpha value is -3.42. The topological polar surface area (TPSA) is 103 Å². The lowest BCUT2D eigenvalue weighted by Crippen LogP contribution is -2.46. The number of halogens is 1. The summed E-state index contributed by atoms with van der Waals surface area (Å²) in [4.78, 5) is 29.1. The Morgan fingerprint density at radius 2 is 1.74 bits per heavy atom. The fraction of sp³-hybridized carbons (Fsp3) is 0.174. The summed E-state index contributed by atoms with van der Waals surface area (Å²) in [6.45, 7) is 1.27. The first-order valence-corrected chi connectivity index (χ1v) is 10.2. The molecule has 158 valence electrons. The van der Waals surface area contributed by atoms with E-state index in [0.717, 1.165) is 0 Å². The zero-order chi connectivity index (χ0) is 21.8. The molecule has 1 aliphatic heterocycles. The van der Waals surface area contributed by atoms with Crippen molar-refractivity contribution in [1.82, 2.24) is 15.6 Å². The number of ketones is 1. The summed E-state index contributed by atoms with van der Waals surface area (Å²) >= 11 is 6.44. The largest absolute Gasteiger partial charge is 0.507 e. The van der Waals surface area contributed by atoms with E-state index in [0.29, 0.717) is 34.9 Å². The molecule has 1 aromatic heterocycles. The minimum absolute atomic E-state index is 0.0735. The number of carbonyl (C=O) groups excluding carboxylic acids is 2. The number of amides is 1. The maximum Gasteiger partial charge on any atom is 0.251 e. The van der Waals surface area contributed by atoms with Gasteiger partial charge in [-0.1, -0.05) is 23.7 Å². The van der Waals surface area contributed by atoms with Crippen LogP contribution in [0.3, 0.4) is 0 Å². The number of carbonyl (C=O) groups is 2. The van der Waals surface area contributed by atoms with E-state index in [1.807, 2.05) is 0 Å². The van der Waals surface area contributed by atoms with Gasteiger partial charge in [-0.05, 0) is 42.5 Å². The van der Waals surface area contributed by atoms with E-state index in [4.69, 9.17) is 11.6 Å². The van der Waals surface area contributed by atoms with E-state index in [1.165, 1.54) is 6.07 Å². The molecule has 0 spiro atoms. The van der Waals surface area contributed by atoms with Gasteiger partial charge in [0.25, 0.3) is 5.91 Å². The molecule has 8 heteroatoms. The van der Waals surface area contributed by atoms with Gasteiger partial charge in [-0.25, -0.2) is 0 Å². The highest BCUT2D eigenvalue weighted by Crippen LogP contribution is 2.27. The lowest BCUT2D eigenvalue weighted by molar-refractivity contribution is 0.0937. The average molecular weight is 437 g/mol. The summed E-state index contributed by atoms with van der Waals surface area (Å²) in [7, 11) is 0. The van der Waals surface area contributed by atoms with Crippen molar-refractivity contribution in [3.8, 4) is 5.75 Å². The molecule has 0 radical (unpaired) electrons. The molecule has 2 atom stereocenters. The van der Waals surface area contributed by atoms with Crippen LogP contribution in [0.5, 0.6) is 5.75 Å². The third-order valence-corrected chi connectivity index (χ3v) is 5.51. The smallest absolute Gasteiger partial charge is 0.251 e. The Labute approximate surface area is 184 Å². The predicted molar refractivity (Wildman–Crippen MR) is 119 cm³/mol. The number of aromatic hydroxyl groups is 1. The number of benzene rings is 2. The van der Waals surface area contributed by atoms with E-state index in [2.05, 4.69) is 20.9 Å². The molecule has 0 aliphatic carbocycles. The van der Waals surface area contributed by atoms with Gasteiger partial charge < -0.3 is 21.1 Å². The van der Waals surface area contributed by atoms with Crippen LogP contribution in [0.2, 0.25) is 5.02 Å². The monoisotopic (exact) mass is 436 g/mol. The Kier molecular flexibility index (Phi) is 6.16. The average Bonchev–Trinajstić information content (AvgIpc) is 3.22. The highest BCUT2D eigenvalue weighted by Gasteiger charge is 2.29. The SMILES string of the molecule is O=C(N[C@@H]1CNC[C@H]1Nc1ccc(C(=O)c2ccccc2O)cc1Cl)c1ccncc1. The van der Waals surface area contributed by atoms with E-state index in [1.54, 1.807) is 60.9 Å². The predicted octanol–water partition coefficient (Wildman–Crippen LogP) is 2.85. The minimum atomic E-state index is -0.309. The van der Waals surface area contributed by atoms with Gasteiger partial charge in [-0.3, -0.25) is 14.6 Å². The number of para-hydroxylation sites is 1. The molecule has 1 fully saturated rings. The summed E-state index contributed by atoms with van der Waals surface area (Å²) < 4.78 is 0. The molecule has 0 unspecified atom stereocenters. The van der Waals surface area contributed by atoms with Crippen LogP contribution in [0.1, 0.15) is 26.3 Å². The van der Waals surface area contributed by atoms with E-state index in [9.17, 15) is 14.7 Å². The van der Waals surface area contributed by atoms with Crippen LogP contribution in [0.15, 0.2) is 67.0 Å². The second-order valence-corrected chi connectivity index (χ2v) is 7.67. The van der Waals surface area contributed by atoms with Crippen molar-refractivity contribution in [2.45, 2.75) is 12.1 Å². The van der Waals surface area contributed by atoms with Gasteiger partial charge in [0, 0.05) is 36.6 Å². The maximum atomic E-state index is 12.7.